The normalized spacial score (nSPS) is 17.2. The van der Waals surface area contributed by atoms with Gasteiger partial charge in [-0.2, -0.15) is 0 Å². The fourth-order valence-electron chi connectivity index (χ4n) is 3.94. The van der Waals surface area contributed by atoms with Crippen molar-refractivity contribution in [3.05, 3.63) is 88.7 Å². The van der Waals surface area contributed by atoms with E-state index in [9.17, 15) is 14.7 Å². The summed E-state index contributed by atoms with van der Waals surface area (Å²) in [4.78, 5) is 34.0. The van der Waals surface area contributed by atoms with Crippen LogP contribution >= 0.6 is 11.6 Å². The van der Waals surface area contributed by atoms with E-state index in [0.29, 0.717) is 34.2 Å². The molecule has 0 radical (unpaired) electrons. The number of carbonyl (C=O) groups excluding carboxylic acids is 2. The number of hydrogen-bond acceptors (Lipinski definition) is 6. The molecule has 0 bridgehead atoms. The first-order valence-electron chi connectivity index (χ1n) is 10.7. The maximum Gasteiger partial charge on any atom is 0.300 e. The number of aromatic nitrogens is 1. The molecule has 8 heteroatoms. The van der Waals surface area contributed by atoms with Crippen LogP contribution in [0.4, 0.5) is 11.4 Å². The van der Waals surface area contributed by atoms with Crippen molar-refractivity contribution in [2.45, 2.75) is 13.0 Å². The average Bonchev–Trinajstić information content (AvgIpc) is 3.11. The van der Waals surface area contributed by atoms with Crippen molar-refractivity contribution in [3.8, 4) is 5.75 Å². The number of ketones is 1. The Hall–Kier alpha value is -3.84. The van der Waals surface area contributed by atoms with Gasteiger partial charge >= 0.3 is 0 Å². The van der Waals surface area contributed by atoms with Crippen LogP contribution in [-0.4, -0.2) is 42.5 Å². The molecule has 1 fully saturated rings. The first-order valence-corrected chi connectivity index (χ1v) is 11.1. The Morgan fingerprint density at radius 1 is 1.15 bits per heavy atom. The van der Waals surface area contributed by atoms with Crippen LogP contribution in [0.5, 0.6) is 5.75 Å². The number of aliphatic hydroxyl groups excluding tert-OH is 1. The van der Waals surface area contributed by atoms with Gasteiger partial charge in [0.15, 0.2) is 0 Å². The molecule has 1 N–H and O–H groups in total. The Morgan fingerprint density at radius 3 is 2.50 bits per heavy atom. The summed E-state index contributed by atoms with van der Waals surface area (Å²) in [6, 6.07) is 14.6. The highest BCUT2D eigenvalue weighted by Crippen LogP contribution is 2.42. The fraction of sp³-hybridized carbons (Fsp3) is 0.192. The Balaban J connectivity index is 1.89. The fourth-order valence-corrected chi connectivity index (χ4v) is 4.11. The van der Waals surface area contributed by atoms with Crippen molar-refractivity contribution in [2.75, 3.05) is 30.5 Å². The quantitative estimate of drug-likeness (QED) is 0.311. The summed E-state index contributed by atoms with van der Waals surface area (Å²) >= 11 is 6.19. The Kier molecular flexibility index (Phi) is 6.56. The highest BCUT2D eigenvalue weighted by Gasteiger charge is 2.47. The van der Waals surface area contributed by atoms with E-state index in [2.05, 4.69) is 4.98 Å². The van der Waals surface area contributed by atoms with Crippen molar-refractivity contribution >= 4 is 40.4 Å². The average molecular weight is 478 g/mol. The van der Waals surface area contributed by atoms with E-state index in [1.165, 1.54) is 4.90 Å². The zero-order valence-corrected chi connectivity index (χ0v) is 19.8. The lowest BCUT2D eigenvalue weighted by atomic mass is 9.96. The van der Waals surface area contributed by atoms with Gasteiger partial charge in [0, 0.05) is 43.4 Å². The SMILES string of the molecule is CCOc1cc(/C(O)=C2/C(=O)C(=O)N(c3ccc(N(C)C)cc3)C2c2cccnc2)ccc1Cl. The third-order valence-electron chi connectivity index (χ3n) is 5.59. The molecule has 2 aromatic carbocycles. The lowest BCUT2D eigenvalue weighted by Crippen LogP contribution is -2.29. The van der Waals surface area contributed by atoms with Gasteiger partial charge in [0.1, 0.15) is 11.5 Å². The van der Waals surface area contributed by atoms with Gasteiger partial charge in [0.2, 0.25) is 0 Å². The molecule has 1 unspecified atom stereocenters. The van der Waals surface area contributed by atoms with E-state index in [-0.39, 0.29) is 11.3 Å². The molecule has 3 aromatic rings. The maximum atomic E-state index is 13.2. The van der Waals surface area contributed by atoms with E-state index in [1.54, 1.807) is 54.9 Å². The van der Waals surface area contributed by atoms with Gasteiger partial charge in [0.25, 0.3) is 11.7 Å². The summed E-state index contributed by atoms with van der Waals surface area (Å²) in [6.45, 7) is 2.20. The summed E-state index contributed by atoms with van der Waals surface area (Å²) < 4.78 is 5.53. The third-order valence-corrected chi connectivity index (χ3v) is 5.91. The van der Waals surface area contributed by atoms with Crippen LogP contribution in [-0.2, 0) is 9.59 Å². The van der Waals surface area contributed by atoms with Crippen LogP contribution in [0.15, 0.2) is 72.6 Å². The summed E-state index contributed by atoms with van der Waals surface area (Å²) in [5.74, 6) is -1.44. The molecule has 4 rings (SSSR count). The minimum atomic E-state index is -0.856. The Labute approximate surface area is 202 Å². The standard InChI is InChI=1S/C26H24ClN3O4/c1-4-34-21-14-16(7-12-20(21)27)24(31)22-23(17-6-5-13-28-15-17)30(26(33)25(22)32)19-10-8-18(9-11-19)29(2)3/h5-15,23,31H,4H2,1-3H3/b24-22-. The van der Waals surface area contributed by atoms with Crippen molar-refractivity contribution in [3.63, 3.8) is 0 Å². The number of nitrogens with zero attached hydrogens (tertiary/aromatic N) is 3. The number of Topliss-reactive ketones (excluding diaryl/α,β-unsaturated/α-hetero) is 1. The van der Waals surface area contributed by atoms with Crippen LogP contribution in [0.25, 0.3) is 5.76 Å². The minimum Gasteiger partial charge on any atom is -0.507 e. The van der Waals surface area contributed by atoms with Crippen LogP contribution < -0.4 is 14.5 Å². The molecule has 174 valence electrons. The van der Waals surface area contributed by atoms with Gasteiger partial charge in [-0.25, -0.2) is 0 Å². The lowest BCUT2D eigenvalue weighted by molar-refractivity contribution is -0.132. The number of carbonyl (C=O) groups is 2. The molecule has 0 spiro atoms. The van der Waals surface area contributed by atoms with E-state index in [1.807, 2.05) is 38.1 Å². The number of rotatable bonds is 6. The second-order valence-electron chi connectivity index (χ2n) is 7.94. The van der Waals surface area contributed by atoms with E-state index < -0.39 is 17.7 Å². The summed E-state index contributed by atoms with van der Waals surface area (Å²) in [5, 5.41) is 11.6. The third kappa shape index (κ3) is 4.22. The molecule has 1 aliphatic rings. The molecular formula is C26H24ClN3O4. The van der Waals surface area contributed by atoms with Crippen molar-refractivity contribution in [1.29, 1.82) is 0 Å². The van der Waals surface area contributed by atoms with E-state index in [4.69, 9.17) is 16.3 Å². The zero-order chi connectivity index (χ0) is 24.4. The van der Waals surface area contributed by atoms with Gasteiger partial charge in [-0.3, -0.25) is 19.5 Å². The van der Waals surface area contributed by atoms with Crippen LogP contribution in [0.3, 0.4) is 0 Å². The molecule has 1 atom stereocenters. The van der Waals surface area contributed by atoms with E-state index >= 15 is 0 Å². The topological polar surface area (TPSA) is 83.0 Å². The van der Waals surface area contributed by atoms with Gasteiger partial charge in [-0.1, -0.05) is 17.7 Å². The highest BCUT2D eigenvalue weighted by atomic mass is 35.5. The highest BCUT2D eigenvalue weighted by molar-refractivity contribution is 6.51. The molecule has 7 nitrogen and oxygen atoms in total. The lowest BCUT2D eigenvalue weighted by Gasteiger charge is -2.25. The van der Waals surface area contributed by atoms with Gasteiger partial charge < -0.3 is 14.7 Å². The molecule has 1 aliphatic heterocycles. The molecule has 2 heterocycles. The zero-order valence-electron chi connectivity index (χ0n) is 19.0. The predicted molar refractivity (Wildman–Crippen MR) is 132 cm³/mol. The largest absolute Gasteiger partial charge is 0.507 e. The number of amides is 1. The number of anilines is 2. The number of pyridine rings is 1. The summed E-state index contributed by atoms with van der Waals surface area (Å²) in [5.41, 5.74) is 2.37. The van der Waals surface area contributed by atoms with Gasteiger partial charge in [-0.15, -0.1) is 0 Å². The van der Waals surface area contributed by atoms with Crippen molar-refractivity contribution in [2.24, 2.45) is 0 Å². The Morgan fingerprint density at radius 2 is 1.88 bits per heavy atom. The number of ether oxygens (including phenoxy) is 1. The van der Waals surface area contributed by atoms with Crippen LogP contribution in [0.1, 0.15) is 24.1 Å². The summed E-state index contributed by atoms with van der Waals surface area (Å²) in [7, 11) is 3.83. The smallest absolute Gasteiger partial charge is 0.300 e. The first-order chi connectivity index (χ1) is 16.3. The summed E-state index contributed by atoms with van der Waals surface area (Å²) in [6.07, 6.45) is 3.19. The van der Waals surface area contributed by atoms with Gasteiger partial charge in [0.05, 0.1) is 23.2 Å². The molecule has 1 saturated heterocycles. The molecule has 34 heavy (non-hydrogen) atoms. The van der Waals surface area contributed by atoms with Gasteiger partial charge in [-0.05, 0) is 61.0 Å². The monoisotopic (exact) mass is 477 g/mol. The Bertz CT molecular complexity index is 1260. The maximum absolute atomic E-state index is 13.2. The second kappa shape index (κ2) is 9.57. The molecule has 0 saturated carbocycles. The van der Waals surface area contributed by atoms with Crippen molar-refractivity contribution in [1.82, 2.24) is 4.98 Å². The van der Waals surface area contributed by atoms with Crippen molar-refractivity contribution < 1.29 is 19.4 Å². The predicted octanol–water partition coefficient (Wildman–Crippen LogP) is 4.83. The molecular weight excluding hydrogens is 454 g/mol. The number of aliphatic hydroxyl groups is 1. The molecule has 1 aromatic heterocycles. The molecule has 1 amide bonds. The number of hydrogen-bond donors (Lipinski definition) is 1. The first kappa shape index (κ1) is 23.3. The van der Waals surface area contributed by atoms with Crippen LogP contribution in [0, 0.1) is 0 Å². The number of halogens is 1. The minimum absolute atomic E-state index is 0.0283. The second-order valence-corrected chi connectivity index (χ2v) is 8.35. The van der Waals surface area contributed by atoms with E-state index in [0.717, 1.165) is 5.69 Å². The number of benzene rings is 2. The molecule has 0 aliphatic carbocycles. The van der Waals surface area contributed by atoms with Crippen LogP contribution in [0.2, 0.25) is 5.02 Å².